The molecule has 1 heterocycles. The van der Waals surface area contributed by atoms with Crippen molar-refractivity contribution in [3.05, 3.63) is 75.3 Å². The van der Waals surface area contributed by atoms with Gasteiger partial charge in [0.25, 0.3) is 17.5 Å². The highest BCUT2D eigenvalue weighted by Crippen LogP contribution is 2.32. The number of rotatable bonds is 5. The van der Waals surface area contributed by atoms with Gasteiger partial charge in [-0.15, -0.1) is 0 Å². The van der Waals surface area contributed by atoms with E-state index in [0.29, 0.717) is 0 Å². The Labute approximate surface area is 154 Å². The number of fused-ring (bicyclic) bond motifs is 1. The second-order valence-electron chi connectivity index (χ2n) is 6.25. The van der Waals surface area contributed by atoms with Crippen LogP contribution < -0.4 is 5.32 Å². The zero-order valence-corrected chi connectivity index (χ0v) is 14.7. The average molecular weight is 367 g/mol. The van der Waals surface area contributed by atoms with Crippen molar-refractivity contribution in [2.24, 2.45) is 0 Å². The molecular weight excluding hydrogens is 350 g/mol. The molecule has 0 fully saturated rings. The van der Waals surface area contributed by atoms with Crippen LogP contribution in [0.3, 0.4) is 0 Å². The standard InChI is InChI=1S/C19H17N3O5/c1-11(13-7-4-3-5-8-13)20-17(23)12(2)21-18(24)14-9-6-10-15(22(26)27)16(14)19(21)25/h3-12H,1-2H3,(H,20,23)/t11-,12-/m1/s1. The molecule has 2 aromatic carbocycles. The SMILES string of the molecule is C[C@H](C(=O)N[C@H](C)c1ccccc1)N1C(=O)c2cccc([N+](=O)[O-])c2C1=O. The molecule has 27 heavy (non-hydrogen) atoms. The van der Waals surface area contributed by atoms with Gasteiger partial charge < -0.3 is 5.32 Å². The molecule has 0 bridgehead atoms. The molecule has 0 saturated carbocycles. The molecule has 1 N–H and O–H groups in total. The number of amides is 3. The van der Waals surface area contributed by atoms with Gasteiger partial charge in [0.15, 0.2) is 0 Å². The highest BCUT2D eigenvalue weighted by atomic mass is 16.6. The van der Waals surface area contributed by atoms with Gasteiger partial charge in [-0.2, -0.15) is 0 Å². The summed E-state index contributed by atoms with van der Waals surface area (Å²) in [5.74, 6) is -2.07. The van der Waals surface area contributed by atoms with E-state index in [-0.39, 0.29) is 17.2 Å². The minimum atomic E-state index is -1.11. The van der Waals surface area contributed by atoms with Crippen LogP contribution in [0.15, 0.2) is 48.5 Å². The minimum absolute atomic E-state index is 0.0649. The van der Waals surface area contributed by atoms with Gasteiger partial charge in [0.1, 0.15) is 11.6 Å². The fourth-order valence-corrected chi connectivity index (χ4v) is 3.07. The van der Waals surface area contributed by atoms with Gasteiger partial charge in [-0.05, 0) is 25.5 Å². The summed E-state index contributed by atoms with van der Waals surface area (Å²) in [6, 6.07) is 11.6. The van der Waals surface area contributed by atoms with Crippen LogP contribution in [0.2, 0.25) is 0 Å². The summed E-state index contributed by atoms with van der Waals surface area (Å²) >= 11 is 0. The lowest BCUT2D eigenvalue weighted by molar-refractivity contribution is -0.385. The smallest absolute Gasteiger partial charge is 0.282 e. The topological polar surface area (TPSA) is 110 Å². The first-order valence-corrected chi connectivity index (χ1v) is 8.33. The van der Waals surface area contributed by atoms with Crippen molar-refractivity contribution in [3.8, 4) is 0 Å². The highest BCUT2D eigenvalue weighted by Gasteiger charge is 2.44. The molecule has 0 spiro atoms. The summed E-state index contributed by atoms with van der Waals surface area (Å²) in [5.41, 5.74) is 0.0860. The van der Waals surface area contributed by atoms with Crippen molar-refractivity contribution in [2.45, 2.75) is 25.9 Å². The molecule has 0 aromatic heterocycles. The van der Waals surface area contributed by atoms with Crippen LogP contribution in [0.25, 0.3) is 0 Å². The number of benzene rings is 2. The first kappa shape index (κ1) is 18.2. The first-order valence-electron chi connectivity index (χ1n) is 8.33. The Balaban J connectivity index is 1.83. The number of carbonyl (C=O) groups excluding carboxylic acids is 3. The number of nitro benzene ring substituents is 1. The maximum absolute atomic E-state index is 12.7. The van der Waals surface area contributed by atoms with E-state index >= 15 is 0 Å². The molecular formula is C19H17N3O5. The maximum atomic E-state index is 12.7. The second-order valence-corrected chi connectivity index (χ2v) is 6.25. The van der Waals surface area contributed by atoms with Crippen molar-refractivity contribution < 1.29 is 19.3 Å². The van der Waals surface area contributed by atoms with E-state index in [1.807, 2.05) is 30.3 Å². The molecule has 1 aliphatic rings. The third-order valence-corrected chi connectivity index (χ3v) is 4.55. The van der Waals surface area contributed by atoms with Crippen molar-refractivity contribution >= 4 is 23.4 Å². The van der Waals surface area contributed by atoms with Gasteiger partial charge in [0, 0.05) is 6.07 Å². The largest absolute Gasteiger partial charge is 0.348 e. The van der Waals surface area contributed by atoms with Gasteiger partial charge in [-0.1, -0.05) is 36.4 Å². The van der Waals surface area contributed by atoms with Crippen LogP contribution in [-0.4, -0.2) is 33.6 Å². The molecule has 2 aromatic rings. The van der Waals surface area contributed by atoms with Gasteiger partial charge >= 0.3 is 0 Å². The molecule has 3 amide bonds. The van der Waals surface area contributed by atoms with Gasteiger partial charge in [0.2, 0.25) is 5.91 Å². The summed E-state index contributed by atoms with van der Waals surface area (Å²) < 4.78 is 0. The third kappa shape index (κ3) is 3.17. The van der Waals surface area contributed by atoms with Gasteiger partial charge in [0.05, 0.1) is 16.5 Å². The molecule has 2 atom stereocenters. The minimum Gasteiger partial charge on any atom is -0.348 e. The number of nitrogens with zero attached hydrogens (tertiary/aromatic N) is 2. The molecule has 8 heteroatoms. The van der Waals surface area contributed by atoms with Crippen molar-refractivity contribution in [1.82, 2.24) is 10.2 Å². The van der Waals surface area contributed by atoms with E-state index in [4.69, 9.17) is 0 Å². The number of hydrogen-bond acceptors (Lipinski definition) is 5. The zero-order chi connectivity index (χ0) is 19.7. The molecule has 1 aliphatic heterocycles. The van der Waals surface area contributed by atoms with E-state index in [0.717, 1.165) is 16.5 Å². The Bertz CT molecular complexity index is 942. The van der Waals surface area contributed by atoms with E-state index in [9.17, 15) is 24.5 Å². The molecule has 8 nitrogen and oxygen atoms in total. The number of nitro groups is 1. The molecule has 138 valence electrons. The number of hydrogen-bond donors (Lipinski definition) is 1. The lowest BCUT2D eigenvalue weighted by Crippen LogP contribution is -2.48. The van der Waals surface area contributed by atoms with Crippen molar-refractivity contribution in [3.63, 3.8) is 0 Å². The second kappa shape index (κ2) is 6.99. The number of carbonyl (C=O) groups is 3. The third-order valence-electron chi connectivity index (χ3n) is 4.55. The van der Waals surface area contributed by atoms with Crippen molar-refractivity contribution in [2.75, 3.05) is 0 Å². The summed E-state index contributed by atoms with van der Waals surface area (Å²) in [5, 5.41) is 13.9. The van der Waals surface area contributed by atoms with Crippen molar-refractivity contribution in [1.29, 1.82) is 0 Å². The van der Waals surface area contributed by atoms with Crippen LogP contribution >= 0.6 is 0 Å². The van der Waals surface area contributed by atoms with Crippen LogP contribution in [0.1, 0.15) is 46.2 Å². The lowest BCUT2D eigenvalue weighted by atomic mass is 10.1. The summed E-state index contributed by atoms with van der Waals surface area (Å²) in [6.07, 6.45) is 0. The van der Waals surface area contributed by atoms with Gasteiger partial charge in [-0.25, -0.2) is 0 Å². The maximum Gasteiger partial charge on any atom is 0.282 e. The Morgan fingerprint density at radius 3 is 2.33 bits per heavy atom. The van der Waals surface area contributed by atoms with E-state index in [2.05, 4.69) is 5.32 Å². The zero-order valence-electron chi connectivity index (χ0n) is 14.7. The fraction of sp³-hybridized carbons (Fsp3) is 0.211. The molecule has 0 saturated heterocycles. The molecule has 3 rings (SSSR count). The Hall–Kier alpha value is -3.55. The predicted octanol–water partition coefficient (Wildman–Crippen LogP) is 2.46. The number of nitrogens with one attached hydrogen (secondary N) is 1. The van der Waals surface area contributed by atoms with Crippen LogP contribution in [0.5, 0.6) is 0 Å². The molecule has 0 aliphatic carbocycles. The molecule has 0 radical (unpaired) electrons. The highest BCUT2D eigenvalue weighted by molar-refractivity contribution is 6.24. The monoisotopic (exact) mass is 367 g/mol. The average Bonchev–Trinajstić information content (AvgIpc) is 2.92. The number of imide groups is 1. The normalized spacial score (nSPS) is 15.3. The van der Waals surface area contributed by atoms with Crippen LogP contribution in [-0.2, 0) is 4.79 Å². The fourth-order valence-electron chi connectivity index (χ4n) is 3.07. The predicted molar refractivity (Wildman–Crippen MR) is 96.1 cm³/mol. The van der Waals surface area contributed by atoms with E-state index in [1.54, 1.807) is 6.92 Å². The summed E-state index contributed by atoms with van der Waals surface area (Å²) in [4.78, 5) is 49.1. The van der Waals surface area contributed by atoms with E-state index < -0.39 is 34.4 Å². The summed E-state index contributed by atoms with van der Waals surface area (Å²) in [7, 11) is 0. The van der Waals surface area contributed by atoms with Crippen LogP contribution in [0, 0.1) is 10.1 Å². The summed E-state index contributed by atoms with van der Waals surface area (Å²) in [6.45, 7) is 3.20. The Morgan fingerprint density at radius 2 is 1.70 bits per heavy atom. The molecule has 0 unspecified atom stereocenters. The first-order chi connectivity index (χ1) is 12.8. The Kier molecular flexibility index (Phi) is 4.72. The lowest BCUT2D eigenvalue weighted by Gasteiger charge is -2.24. The Morgan fingerprint density at radius 1 is 1.04 bits per heavy atom. The van der Waals surface area contributed by atoms with E-state index in [1.165, 1.54) is 19.1 Å². The van der Waals surface area contributed by atoms with Crippen LogP contribution in [0.4, 0.5) is 5.69 Å². The van der Waals surface area contributed by atoms with Gasteiger partial charge in [-0.3, -0.25) is 29.4 Å². The quantitative estimate of drug-likeness (QED) is 0.496.